The summed E-state index contributed by atoms with van der Waals surface area (Å²) in [6.07, 6.45) is 2.53. The zero-order valence-electron chi connectivity index (χ0n) is 12.5. The molecule has 0 fully saturated rings. The summed E-state index contributed by atoms with van der Waals surface area (Å²) < 4.78 is 0. The average molecular weight is 312 g/mol. The van der Waals surface area contributed by atoms with Gasteiger partial charge in [-0.05, 0) is 54.4 Å². The van der Waals surface area contributed by atoms with E-state index < -0.39 is 0 Å². The van der Waals surface area contributed by atoms with Crippen LogP contribution >= 0.6 is 21.6 Å². The van der Waals surface area contributed by atoms with Crippen molar-refractivity contribution in [3.05, 3.63) is 35.2 Å². The number of aliphatic hydroxyl groups is 1. The second-order valence-electron chi connectivity index (χ2n) is 5.38. The molecule has 1 unspecified atom stereocenters. The third-order valence-electron chi connectivity index (χ3n) is 3.41. The van der Waals surface area contributed by atoms with Crippen molar-refractivity contribution in [3.63, 3.8) is 0 Å². The first-order valence-corrected chi connectivity index (χ1v) is 9.03. The van der Waals surface area contributed by atoms with E-state index in [0.29, 0.717) is 18.3 Å². The molecule has 112 valence electrons. The van der Waals surface area contributed by atoms with E-state index in [9.17, 15) is 10.2 Å². The normalized spacial score (nSPS) is 15.4. The van der Waals surface area contributed by atoms with Crippen molar-refractivity contribution < 1.29 is 10.2 Å². The molecule has 4 heteroatoms. The molecule has 0 radical (unpaired) electrons. The van der Waals surface area contributed by atoms with E-state index in [1.165, 1.54) is 4.91 Å². The quantitative estimate of drug-likeness (QED) is 0.689. The van der Waals surface area contributed by atoms with Gasteiger partial charge in [0.05, 0.1) is 6.10 Å². The van der Waals surface area contributed by atoms with E-state index in [0.717, 1.165) is 4.90 Å². The van der Waals surface area contributed by atoms with Crippen molar-refractivity contribution in [1.29, 1.82) is 0 Å². The molecule has 2 N–H and O–H groups in total. The van der Waals surface area contributed by atoms with E-state index in [-0.39, 0.29) is 11.9 Å². The van der Waals surface area contributed by atoms with Crippen LogP contribution in [0.5, 0.6) is 5.75 Å². The maximum absolute atomic E-state index is 10.1. The topological polar surface area (TPSA) is 40.5 Å². The molecule has 0 aliphatic heterocycles. The minimum Gasteiger partial charge on any atom is -0.508 e. The Morgan fingerprint density at radius 2 is 1.80 bits per heavy atom. The van der Waals surface area contributed by atoms with Crippen LogP contribution in [-0.2, 0) is 0 Å². The van der Waals surface area contributed by atoms with Gasteiger partial charge in [0.25, 0.3) is 0 Å². The number of benzene rings is 1. The molecule has 2 nitrogen and oxygen atoms in total. The van der Waals surface area contributed by atoms with Crippen molar-refractivity contribution >= 4 is 21.6 Å². The molecule has 0 saturated heterocycles. The molecule has 0 aliphatic rings. The van der Waals surface area contributed by atoms with Gasteiger partial charge in [-0.3, -0.25) is 0 Å². The Morgan fingerprint density at radius 1 is 1.20 bits per heavy atom. The van der Waals surface area contributed by atoms with Crippen molar-refractivity contribution in [3.8, 4) is 5.75 Å². The third kappa shape index (κ3) is 6.25. The fourth-order valence-electron chi connectivity index (χ4n) is 1.60. The van der Waals surface area contributed by atoms with E-state index in [1.807, 2.05) is 12.1 Å². The molecule has 0 amide bonds. The molecule has 2 atom stereocenters. The summed E-state index contributed by atoms with van der Waals surface area (Å²) in [5.74, 6) is 1.10. The van der Waals surface area contributed by atoms with Gasteiger partial charge >= 0.3 is 0 Å². The summed E-state index contributed by atoms with van der Waals surface area (Å²) in [5.41, 5.74) is 0. The zero-order chi connectivity index (χ0) is 15.1. The highest BCUT2D eigenvalue weighted by molar-refractivity contribution is 8.78. The van der Waals surface area contributed by atoms with E-state index in [4.69, 9.17) is 0 Å². The standard InChI is InChI=1S/C16H24O2S2/c1-11(2)13(4)16(18)10-5-12(3)19-20-15-8-6-14(17)7-9-15/h5-9,11,13,16-18H,10H2,1-4H3/b12-5+/t13-,16?/m0/s1. The Morgan fingerprint density at radius 3 is 2.35 bits per heavy atom. The lowest BCUT2D eigenvalue weighted by Crippen LogP contribution is -2.21. The Labute approximate surface area is 130 Å². The molecular weight excluding hydrogens is 288 g/mol. The number of hydrogen-bond acceptors (Lipinski definition) is 4. The van der Waals surface area contributed by atoms with Crippen molar-refractivity contribution in [2.75, 3.05) is 0 Å². The molecule has 1 rings (SSSR count). The second-order valence-corrected chi connectivity index (χ2v) is 7.83. The van der Waals surface area contributed by atoms with Crippen LogP contribution in [-0.4, -0.2) is 16.3 Å². The fraction of sp³-hybridized carbons (Fsp3) is 0.500. The number of phenolic OH excluding ortho intramolecular Hbond substituents is 1. The summed E-state index contributed by atoms with van der Waals surface area (Å²) in [6.45, 7) is 8.43. The predicted molar refractivity (Wildman–Crippen MR) is 89.9 cm³/mol. The number of aromatic hydroxyl groups is 1. The first kappa shape index (κ1) is 17.5. The van der Waals surface area contributed by atoms with E-state index in [2.05, 4.69) is 33.8 Å². The Balaban J connectivity index is 2.40. The van der Waals surface area contributed by atoms with Crippen molar-refractivity contribution in [2.24, 2.45) is 11.8 Å². The molecule has 0 saturated carbocycles. The first-order valence-electron chi connectivity index (χ1n) is 6.88. The van der Waals surface area contributed by atoms with Crippen LogP contribution in [0.4, 0.5) is 0 Å². The lowest BCUT2D eigenvalue weighted by molar-refractivity contribution is 0.0945. The maximum Gasteiger partial charge on any atom is 0.115 e. The average Bonchev–Trinajstić information content (AvgIpc) is 2.43. The van der Waals surface area contributed by atoms with Gasteiger partial charge in [-0.25, -0.2) is 0 Å². The first-order chi connectivity index (χ1) is 9.40. The maximum atomic E-state index is 10.1. The number of rotatable bonds is 7. The smallest absolute Gasteiger partial charge is 0.115 e. The van der Waals surface area contributed by atoms with Gasteiger partial charge in [-0.2, -0.15) is 0 Å². The number of aliphatic hydroxyl groups excluding tert-OH is 1. The highest BCUT2D eigenvalue weighted by atomic mass is 33.1. The third-order valence-corrected chi connectivity index (χ3v) is 6.00. The van der Waals surface area contributed by atoms with Crippen molar-refractivity contribution in [1.82, 2.24) is 0 Å². The summed E-state index contributed by atoms with van der Waals surface area (Å²) in [7, 11) is 3.34. The van der Waals surface area contributed by atoms with Crippen LogP contribution in [0.25, 0.3) is 0 Å². The number of allylic oxidation sites excluding steroid dienone is 1. The van der Waals surface area contributed by atoms with Gasteiger partial charge in [0.2, 0.25) is 0 Å². The molecule has 0 aromatic heterocycles. The van der Waals surface area contributed by atoms with Gasteiger partial charge < -0.3 is 10.2 Å². The SMILES string of the molecule is C/C(=C\CC(O)[C@@H](C)C(C)C)SSc1ccc(O)cc1. The van der Waals surface area contributed by atoms with Gasteiger partial charge in [0, 0.05) is 4.90 Å². The summed E-state index contributed by atoms with van der Waals surface area (Å²) in [5, 5.41) is 19.3. The van der Waals surface area contributed by atoms with Gasteiger partial charge in [0.15, 0.2) is 0 Å². The monoisotopic (exact) mass is 312 g/mol. The molecule has 0 aliphatic carbocycles. The highest BCUT2D eigenvalue weighted by Crippen LogP contribution is 2.37. The molecule has 0 heterocycles. The minimum absolute atomic E-state index is 0.274. The molecule has 0 bridgehead atoms. The summed E-state index contributed by atoms with van der Waals surface area (Å²) in [6, 6.07) is 7.18. The zero-order valence-corrected chi connectivity index (χ0v) is 14.2. The van der Waals surface area contributed by atoms with Gasteiger partial charge in [-0.1, -0.05) is 48.4 Å². The molecular formula is C16H24O2S2. The molecule has 1 aromatic carbocycles. The number of phenols is 1. The molecule has 1 aromatic rings. The van der Waals surface area contributed by atoms with Crippen LogP contribution in [0.3, 0.4) is 0 Å². The number of hydrogen-bond donors (Lipinski definition) is 2. The fourth-order valence-corrected chi connectivity index (χ4v) is 3.45. The van der Waals surface area contributed by atoms with E-state index >= 15 is 0 Å². The van der Waals surface area contributed by atoms with Gasteiger partial charge in [-0.15, -0.1) is 0 Å². The lowest BCUT2D eigenvalue weighted by Gasteiger charge is -2.21. The highest BCUT2D eigenvalue weighted by Gasteiger charge is 2.16. The summed E-state index contributed by atoms with van der Waals surface area (Å²) in [4.78, 5) is 2.30. The van der Waals surface area contributed by atoms with E-state index in [1.54, 1.807) is 33.7 Å². The molecule has 0 spiro atoms. The lowest BCUT2D eigenvalue weighted by atomic mass is 9.90. The van der Waals surface area contributed by atoms with Crippen LogP contribution in [0.2, 0.25) is 0 Å². The van der Waals surface area contributed by atoms with Crippen molar-refractivity contribution in [2.45, 2.75) is 45.1 Å². The van der Waals surface area contributed by atoms with Crippen LogP contribution in [0, 0.1) is 11.8 Å². The van der Waals surface area contributed by atoms with Crippen LogP contribution < -0.4 is 0 Å². The van der Waals surface area contributed by atoms with Gasteiger partial charge in [0.1, 0.15) is 5.75 Å². The Hall–Kier alpha value is -0.580. The molecule has 20 heavy (non-hydrogen) atoms. The predicted octanol–water partition coefficient (Wildman–Crippen LogP) is 5.08. The Bertz CT molecular complexity index is 427. The summed E-state index contributed by atoms with van der Waals surface area (Å²) >= 11 is 0. The van der Waals surface area contributed by atoms with Crippen LogP contribution in [0.15, 0.2) is 40.1 Å². The minimum atomic E-state index is -0.274. The Kier molecular flexibility index (Phi) is 7.56. The largest absolute Gasteiger partial charge is 0.508 e. The van der Waals surface area contributed by atoms with Crippen LogP contribution in [0.1, 0.15) is 34.1 Å². The second kappa shape index (κ2) is 8.65.